The van der Waals surface area contributed by atoms with Gasteiger partial charge in [-0.3, -0.25) is 4.79 Å². The van der Waals surface area contributed by atoms with Gasteiger partial charge in [-0.05, 0) is 62.3 Å². The van der Waals surface area contributed by atoms with Gasteiger partial charge in [0.05, 0.1) is 25.4 Å². The minimum Gasteiger partial charge on any atom is -0.468 e. The number of allylic oxidation sites excluding steroid dienone is 2. The van der Waals surface area contributed by atoms with Gasteiger partial charge >= 0.3 is 5.97 Å². The topological polar surface area (TPSA) is 94.1 Å². The molecule has 0 radical (unpaired) electrons. The van der Waals surface area contributed by atoms with Gasteiger partial charge in [0.25, 0.3) is 6.47 Å². The highest BCUT2D eigenvalue weighted by molar-refractivity contribution is 5.93. The summed E-state index contributed by atoms with van der Waals surface area (Å²) in [5.74, 6) is -0.662. The average Bonchev–Trinajstić information content (AvgIpc) is 3.00. The van der Waals surface area contributed by atoms with Gasteiger partial charge in [-0.15, -0.1) is 0 Å². The Balaban J connectivity index is 2.20. The number of benzene rings is 1. The Bertz CT molecular complexity index is 1050. The number of unbranched alkanes of at least 4 members (excludes halogenated alkanes) is 12. The van der Waals surface area contributed by atoms with Crippen LogP contribution in [0.1, 0.15) is 140 Å². The molecule has 1 aliphatic heterocycles. The van der Waals surface area contributed by atoms with Gasteiger partial charge in [0, 0.05) is 23.7 Å². The summed E-state index contributed by atoms with van der Waals surface area (Å²) in [6.45, 7) is 9.05. The molecule has 0 aliphatic carbocycles. The van der Waals surface area contributed by atoms with Gasteiger partial charge in [0.1, 0.15) is 6.79 Å². The summed E-state index contributed by atoms with van der Waals surface area (Å²) < 4.78 is 16.0. The lowest BCUT2D eigenvalue weighted by Gasteiger charge is -2.34. The first kappa shape index (κ1) is 37.5. The van der Waals surface area contributed by atoms with Crippen LogP contribution < -0.4 is 5.32 Å². The zero-order valence-electron chi connectivity index (χ0n) is 28.0. The molecule has 2 N–H and O–H groups in total. The van der Waals surface area contributed by atoms with E-state index in [4.69, 9.17) is 14.2 Å². The number of hydrogen-bond donors (Lipinski definition) is 2. The summed E-state index contributed by atoms with van der Waals surface area (Å²) in [6.07, 6.45) is 19.1. The second-order valence-electron chi connectivity index (χ2n) is 12.0. The van der Waals surface area contributed by atoms with Crippen LogP contribution in [0.3, 0.4) is 0 Å². The van der Waals surface area contributed by atoms with Crippen LogP contribution in [0, 0.1) is 0 Å². The minimum atomic E-state index is -0.336. The van der Waals surface area contributed by atoms with Crippen molar-refractivity contribution < 1.29 is 28.9 Å². The third-order valence-corrected chi connectivity index (χ3v) is 8.68. The van der Waals surface area contributed by atoms with Crippen molar-refractivity contribution in [2.24, 2.45) is 0 Å². The third-order valence-electron chi connectivity index (χ3n) is 8.68. The largest absolute Gasteiger partial charge is 0.468 e. The quantitative estimate of drug-likeness (QED) is 0.0497. The maximum absolute atomic E-state index is 13.5. The van der Waals surface area contributed by atoms with Gasteiger partial charge in [0.2, 0.25) is 0 Å². The molecule has 1 heterocycles. The first-order valence-electron chi connectivity index (χ1n) is 17.2. The summed E-state index contributed by atoms with van der Waals surface area (Å²) >= 11 is 0. The highest BCUT2D eigenvalue weighted by Crippen LogP contribution is 2.43. The standard InChI is InChI=1S/C37H59NO6/c1-5-7-8-9-10-11-12-13-14-15-16-17-18-20-31-21-19-22-32(23-25-42-27-39)35(31)36-33(24-26-43-28-40)29(3)38-30(4)34(36)37(41)44-6-2/h19,21-22,28,36,38-39H,5-18,20,23-27H2,1-4H3. The number of ether oxygens (including phenoxy) is 3. The molecule has 1 aromatic rings. The molecule has 2 rings (SSSR count). The summed E-state index contributed by atoms with van der Waals surface area (Å²) in [7, 11) is 0. The van der Waals surface area contributed by atoms with Crippen LogP contribution in [-0.2, 0) is 36.6 Å². The third kappa shape index (κ3) is 12.8. The van der Waals surface area contributed by atoms with Crippen molar-refractivity contribution in [1.82, 2.24) is 5.32 Å². The predicted octanol–water partition coefficient (Wildman–Crippen LogP) is 8.19. The number of aliphatic hydroxyl groups excluding tert-OH is 1. The number of aryl methyl sites for hydroxylation is 1. The van der Waals surface area contributed by atoms with Crippen LogP contribution in [0.15, 0.2) is 40.7 Å². The van der Waals surface area contributed by atoms with Crippen LogP contribution in [0.25, 0.3) is 0 Å². The van der Waals surface area contributed by atoms with E-state index in [-0.39, 0.29) is 31.9 Å². The molecule has 0 amide bonds. The maximum atomic E-state index is 13.5. The molecule has 7 nitrogen and oxygen atoms in total. The molecule has 0 saturated heterocycles. The fourth-order valence-electron chi connectivity index (χ4n) is 6.44. The molecule has 0 spiro atoms. The highest BCUT2D eigenvalue weighted by atomic mass is 16.6. The first-order valence-corrected chi connectivity index (χ1v) is 17.2. The van der Waals surface area contributed by atoms with Gasteiger partial charge in [-0.1, -0.05) is 102 Å². The van der Waals surface area contributed by atoms with Crippen molar-refractivity contribution >= 4 is 12.4 Å². The Kier molecular flexibility index (Phi) is 19.5. The second-order valence-corrected chi connectivity index (χ2v) is 12.0. The second kappa shape index (κ2) is 22.8. The molecular formula is C37H59NO6. The van der Waals surface area contributed by atoms with Gasteiger partial charge in [0.15, 0.2) is 0 Å². The molecule has 1 atom stereocenters. The van der Waals surface area contributed by atoms with Crippen molar-refractivity contribution in [2.75, 3.05) is 26.6 Å². The van der Waals surface area contributed by atoms with E-state index in [0.29, 0.717) is 31.5 Å². The van der Waals surface area contributed by atoms with Crippen molar-refractivity contribution in [3.8, 4) is 0 Å². The Morgan fingerprint density at radius 2 is 1.41 bits per heavy atom. The van der Waals surface area contributed by atoms with E-state index in [0.717, 1.165) is 40.9 Å². The Hall–Kier alpha value is -2.64. The fraction of sp³-hybridized carbons (Fsp3) is 0.676. The predicted molar refractivity (Wildman–Crippen MR) is 177 cm³/mol. The summed E-state index contributed by atoms with van der Waals surface area (Å²) in [4.78, 5) is 24.4. The Labute approximate surface area is 266 Å². The van der Waals surface area contributed by atoms with E-state index in [1.165, 1.54) is 82.6 Å². The maximum Gasteiger partial charge on any atom is 0.336 e. The van der Waals surface area contributed by atoms with E-state index in [2.05, 4.69) is 30.4 Å². The molecule has 248 valence electrons. The minimum absolute atomic E-state index is 0.230. The SMILES string of the molecule is CCCCCCCCCCCCCCCc1cccc(CCOCO)c1C1C(CCOC=O)=C(C)NC(C)=C1C(=O)OCC. The molecule has 0 fully saturated rings. The van der Waals surface area contributed by atoms with Crippen LogP contribution in [0.2, 0.25) is 0 Å². The summed E-state index contributed by atoms with van der Waals surface area (Å²) in [5.41, 5.74) is 6.77. The molecule has 0 bridgehead atoms. The highest BCUT2D eigenvalue weighted by Gasteiger charge is 2.36. The molecule has 44 heavy (non-hydrogen) atoms. The van der Waals surface area contributed by atoms with Gasteiger partial charge in [-0.25, -0.2) is 4.79 Å². The number of nitrogens with one attached hydrogen (secondary N) is 1. The number of hydrogen-bond acceptors (Lipinski definition) is 7. The van der Waals surface area contributed by atoms with E-state index in [1.807, 2.05) is 20.8 Å². The molecule has 1 aromatic carbocycles. The summed E-state index contributed by atoms with van der Waals surface area (Å²) in [6, 6.07) is 6.36. The van der Waals surface area contributed by atoms with Crippen molar-refractivity contribution in [3.05, 3.63) is 57.4 Å². The van der Waals surface area contributed by atoms with Crippen LogP contribution >= 0.6 is 0 Å². The lowest BCUT2D eigenvalue weighted by Crippen LogP contribution is -2.30. The smallest absolute Gasteiger partial charge is 0.336 e. The number of rotatable bonds is 25. The first-order chi connectivity index (χ1) is 21.5. The number of dihydropyridines is 1. The number of carbonyl (C=O) groups excluding carboxylic acids is 2. The van der Waals surface area contributed by atoms with E-state index >= 15 is 0 Å². The zero-order valence-corrected chi connectivity index (χ0v) is 28.0. The lowest BCUT2D eigenvalue weighted by atomic mass is 9.74. The van der Waals surface area contributed by atoms with Crippen LogP contribution in [-0.4, -0.2) is 44.2 Å². The van der Waals surface area contributed by atoms with Crippen molar-refractivity contribution in [2.45, 2.75) is 136 Å². The lowest BCUT2D eigenvalue weighted by molar-refractivity contribution is -0.139. The molecule has 1 unspecified atom stereocenters. The van der Waals surface area contributed by atoms with E-state index in [1.54, 1.807) is 0 Å². The number of aliphatic hydroxyl groups is 1. The number of carbonyl (C=O) groups is 2. The number of esters is 1. The monoisotopic (exact) mass is 613 g/mol. The molecular weight excluding hydrogens is 554 g/mol. The Morgan fingerprint density at radius 3 is 1.98 bits per heavy atom. The van der Waals surface area contributed by atoms with Gasteiger partial charge in [-0.2, -0.15) is 0 Å². The average molecular weight is 614 g/mol. The molecule has 0 saturated carbocycles. The van der Waals surface area contributed by atoms with Crippen molar-refractivity contribution in [1.29, 1.82) is 0 Å². The van der Waals surface area contributed by atoms with Crippen LogP contribution in [0.4, 0.5) is 0 Å². The van der Waals surface area contributed by atoms with Gasteiger partial charge < -0.3 is 24.6 Å². The van der Waals surface area contributed by atoms with E-state index < -0.39 is 0 Å². The summed E-state index contributed by atoms with van der Waals surface area (Å²) in [5, 5.41) is 12.6. The Morgan fingerprint density at radius 1 is 0.818 bits per heavy atom. The normalized spacial score (nSPS) is 15.0. The molecule has 0 aromatic heterocycles. The molecule has 7 heteroatoms. The van der Waals surface area contributed by atoms with E-state index in [9.17, 15) is 14.7 Å². The van der Waals surface area contributed by atoms with Crippen LogP contribution in [0.5, 0.6) is 0 Å². The molecule has 1 aliphatic rings. The fourth-order valence-corrected chi connectivity index (χ4v) is 6.44. The zero-order chi connectivity index (χ0) is 32.0. The van der Waals surface area contributed by atoms with Crippen molar-refractivity contribution in [3.63, 3.8) is 0 Å².